The lowest BCUT2D eigenvalue weighted by Crippen LogP contribution is -2.32. The molecule has 1 heterocycles. The molecule has 0 saturated heterocycles. The highest BCUT2D eigenvalue weighted by molar-refractivity contribution is 6.31. The molecule has 0 aromatic carbocycles. The second kappa shape index (κ2) is 7.46. The predicted molar refractivity (Wildman–Crippen MR) is 85.3 cm³/mol. The minimum atomic E-state index is 0.555. The Labute approximate surface area is 128 Å². The van der Waals surface area contributed by atoms with Gasteiger partial charge in [0.1, 0.15) is 0 Å². The summed E-state index contributed by atoms with van der Waals surface area (Å²) in [7, 11) is 0. The van der Waals surface area contributed by atoms with Crippen molar-refractivity contribution in [2.45, 2.75) is 58.9 Å². The van der Waals surface area contributed by atoms with Crippen LogP contribution in [0.4, 0.5) is 0 Å². The van der Waals surface area contributed by atoms with Gasteiger partial charge in [-0.1, -0.05) is 38.8 Å². The van der Waals surface area contributed by atoms with Gasteiger partial charge in [-0.15, -0.1) is 0 Å². The van der Waals surface area contributed by atoms with E-state index in [-0.39, 0.29) is 0 Å². The standard InChI is InChI=1S/C16H28ClN3/c1-4-8-20-16(15(17)11-19-20)14-9-12(3)6-7-13(14)10-18-5-2/h11-14,18H,4-10H2,1-3H3. The van der Waals surface area contributed by atoms with Gasteiger partial charge in [0.25, 0.3) is 0 Å². The quantitative estimate of drug-likeness (QED) is 0.857. The Kier molecular flexibility index (Phi) is 5.91. The molecule has 114 valence electrons. The van der Waals surface area contributed by atoms with Crippen LogP contribution in [-0.2, 0) is 6.54 Å². The molecule has 0 spiro atoms. The molecule has 0 radical (unpaired) electrons. The summed E-state index contributed by atoms with van der Waals surface area (Å²) in [5.41, 5.74) is 1.28. The first-order valence-electron chi connectivity index (χ1n) is 8.09. The van der Waals surface area contributed by atoms with Gasteiger partial charge in [0.2, 0.25) is 0 Å². The summed E-state index contributed by atoms with van der Waals surface area (Å²) in [6, 6.07) is 0. The number of nitrogens with one attached hydrogen (secondary N) is 1. The summed E-state index contributed by atoms with van der Waals surface area (Å²) in [6.45, 7) is 9.85. The summed E-state index contributed by atoms with van der Waals surface area (Å²) < 4.78 is 2.14. The van der Waals surface area contributed by atoms with Gasteiger partial charge in [-0.3, -0.25) is 4.68 Å². The number of rotatable bonds is 6. The zero-order valence-corrected chi connectivity index (χ0v) is 13.8. The second-order valence-electron chi connectivity index (χ2n) is 6.19. The predicted octanol–water partition coefficient (Wildman–Crippen LogP) is 4.08. The zero-order valence-electron chi connectivity index (χ0n) is 13.0. The summed E-state index contributed by atoms with van der Waals surface area (Å²) in [5.74, 6) is 2.04. The molecule has 3 atom stereocenters. The summed E-state index contributed by atoms with van der Waals surface area (Å²) in [4.78, 5) is 0. The number of halogens is 1. The van der Waals surface area contributed by atoms with Crippen molar-refractivity contribution in [1.82, 2.24) is 15.1 Å². The van der Waals surface area contributed by atoms with Crippen molar-refractivity contribution in [3.05, 3.63) is 16.9 Å². The molecule has 3 unspecified atom stereocenters. The largest absolute Gasteiger partial charge is 0.317 e. The lowest BCUT2D eigenvalue weighted by atomic mass is 9.73. The van der Waals surface area contributed by atoms with Crippen molar-refractivity contribution in [2.75, 3.05) is 13.1 Å². The van der Waals surface area contributed by atoms with Crippen LogP contribution < -0.4 is 5.32 Å². The van der Waals surface area contributed by atoms with E-state index in [4.69, 9.17) is 11.6 Å². The Bertz CT molecular complexity index is 414. The van der Waals surface area contributed by atoms with Gasteiger partial charge in [-0.25, -0.2) is 0 Å². The van der Waals surface area contributed by atoms with Gasteiger partial charge in [0, 0.05) is 12.5 Å². The van der Waals surface area contributed by atoms with E-state index in [0.717, 1.165) is 37.0 Å². The van der Waals surface area contributed by atoms with Gasteiger partial charge in [0.15, 0.2) is 0 Å². The lowest BCUT2D eigenvalue weighted by Gasteiger charge is -2.35. The van der Waals surface area contributed by atoms with Crippen molar-refractivity contribution in [1.29, 1.82) is 0 Å². The Morgan fingerprint density at radius 1 is 1.40 bits per heavy atom. The van der Waals surface area contributed by atoms with Crippen LogP contribution in [0.15, 0.2) is 6.20 Å². The van der Waals surface area contributed by atoms with E-state index >= 15 is 0 Å². The van der Waals surface area contributed by atoms with Crippen molar-refractivity contribution >= 4 is 11.6 Å². The first-order valence-corrected chi connectivity index (χ1v) is 8.47. The summed E-state index contributed by atoms with van der Waals surface area (Å²) in [6.07, 6.45) is 6.81. The maximum Gasteiger partial charge on any atom is 0.0820 e. The third kappa shape index (κ3) is 3.56. The van der Waals surface area contributed by atoms with Crippen LogP contribution in [0.2, 0.25) is 5.02 Å². The van der Waals surface area contributed by atoms with E-state index in [2.05, 4.69) is 35.9 Å². The van der Waals surface area contributed by atoms with Gasteiger partial charge in [-0.05, 0) is 44.2 Å². The fourth-order valence-corrected chi connectivity index (χ4v) is 3.76. The fraction of sp³-hybridized carbons (Fsp3) is 0.812. The van der Waals surface area contributed by atoms with Gasteiger partial charge < -0.3 is 5.32 Å². The SMILES string of the molecule is CCCn1ncc(Cl)c1C1CC(C)CCC1CNCC. The molecule has 4 heteroatoms. The first-order chi connectivity index (χ1) is 9.67. The number of aromatic nitrogens is 2. The normalized spacial score (nSPS) is 26.9. The lowest BCUT2D eigenvalue weighted by molar-refractivity contribution is 0.233. The molecule has 1 N–H and O–H groups in total. The number of aryl methyl sites for hydroxylation is 1. The maximum absolute atomic E-state index is 6.46. The van der Waals surface area contributed by atoms with E-state index in [9.17, 15) is 0 Å². The van der Waals surface area contributed by atoms with E-state index in [1.807, 2.05) is 6.20 Å². The monoisotopic (exact) mass is 297 g/mol. The molecule has 1 fully saturated rings. The number of nitrogens with zero attached hydrogens (tertiary/aromatic N) is 2. The molecule has 1 saturated carbocycles. The van der Waals surface area contributed by atoms with Crippen molar-refractivity contribution in [3.8, 4) is 0 Å². The van der Waals surface area contributed by atoms with Crippen molar-refractivity contribution < 1.29 is 0 Å². The maximum atomic E-state index is 6.46. The second-order valence-corrected chi connectivity index (χ2v) is 6.60. The Balaban J connectivity index is 2.22. The topological polar surface area (TPSA) is 29.9 Å². The van der Waals surface area contributed by atoms with Gasteiger partial charge in [0.05, 0.1) is 16.9 Å². The van der Waals surface area contributed by atoms with Crippen LogP contribution in [0, 0.1) is 11.8 Å². The molecular formula is C16H28ClN3. The Morgan fingerprint density at radius 3 is 2.90 bits per heavy atom. The molecule has 1 aliphatic carbocycles. The first kappa shape index (κ1) is 15.8. The Hall–Kier alpha value is -0.540. The van der Waals surface area contributed by atoms with Crippen LogP contribution >= 0.6 is 11.6 Å². The minimum Gasteiger partial charge on any atom is -0.317 e. The highest BCUT2D eigenvalue weighted by atomic mass is 35.5. The number of hydrogen-bond donors (Lipinski definition) is 1. The Morgan fingerprint density at radius 2 is 2.20 bits per heavy atom. The van der Waals surface area contributed by atoms with Crippen LogP contribution in [0.1, 0.15) is 58.1 Å². The molecule has 0 aliphatic heterocycles. The number of hydrogen-bond acceptors (Lipinski definition) is 2. The van der Waals surface area contributed by atoms with Crippen molar-refractivity contribution in [3.63, 3.8) is 0 Å². The van der Waals surface area contributed by atoms with E-state index in [1.54, 1.807) is 0 Å². The average molecular weight is 298 g/mol. The minimum absolute atomic E-state index is 0.555. The molecule has 1 aliphatic rings. The molecular weight excluding hydrogens is 270 g/mol. The molecule has 0 bridgehead atoms. The molecule has 1 aromatic rings. The van der Waals surface area contributed by atoms with Crippen LogP contribution in [0.3, 0.4) is 0 Å². The third-order valence-corrected chi connectivity index (χ3v) is 4.82. The third-order valence-electron chi connectivity index (χ3n) is 4.53. The van der Waals surface area contributed by atoms with Crippen LogP contribution in [-0.4, -0.2) is 22.9 Å². The summed E-state index contributed by atoms with van der Waals surface area (Å²) in [5, 5.41) is 8.87. The fourth-order valence-electron chi connectivity index (χ4n) is 3.48. The highest BCUT2D eigenvalue weighted by Gasteiger charge is 2.33. The average Bonchev–Trinajstić information content (AvgIpc) is 2.79. The molecule has 2 rings (SSSR count). The van der Waals surface area contributed by atoms with Gasteiger partial charge in [-0.2, -0.15) is 5.10 Å². The molecule has 3 nitrogen and oxygen atoms in total. The van der Waals surface area contributed by atoms with Gasteiger partial charge >= 0.3 is 0 Å². The summed E-state index contributed by atoms with van der Waals surface area (Å²) >= 11 is 6.46. The van der Waals surface area contributed by atoms with Crippen LogP contribution in [0.5, 0.6) is 0 Å². The molecule has 1 aromatic heterocycles. The van der Waals surface area contributed by atoms with Crippen molar-refractivity contribution in [2.24, 2.45) is 11.8 Å². The highest BCUT2D eigenvalue weighted by Crippen LogP contribution is 2.42. The molecule has 0 amide bonds. The van der Waals surface area contributed by atoms with E-state index in [1.165, 1.54) is 25.0 Å². The van der Waals surface area contributed by atoms with E-state index < -0.39 is 0 Å². The zero-order chi connectivity index (χ0) is 14.5. The smallest absolute Gasteiger partial charge is 0.0820 e. The molecule has 20 heavy (non-hydrogen) atoms. The van der Waals surface area contributed by atoms with E-state index in [0.29, 0.717) is 11.8 Å². The van der Waals surface area contributed by atoms with Crippen LogP contribution in [0.25, 0.3) is 0 Å².